The number of carboxylic acids is 1. The maximum atomic E-state index is 10.7. The van der Waals surface area contributed by atoms with Crippen molar-refractivity contribution in [2.75, 3.05) is 0 Å². The minimum atomic E-state index is -1.01. The van der Waals surface area contributed by atoms with Crippen LogP contribution in [-0.2, 0) is 17.6 Å². The highest BCUT2D eigenvalue weighted by molar-refractivity contribution is 5.73. The fourth-order valence-corrected chi connectivity index (χ4v) is 1.77. The number of rotatable bonds is 5. The largest absolute Gasteiger partial charge is 0.480 e. The van der Waals surface area contributed by atoms with Gasteiger partial charge in [-0.05, 0) is 5.56 Å². The number of nitrogens with zero attached hydrogens (tertiary/aromatic N) is 1. The summed E-state index contributed by atoms with van der Waals surface area (Å²) in [6.07, 6.45) is 2.51. The van der Waals surface area contributed by atoms with Gasteiger partial charge in [0.25, 0.3) is 0 Å². The maximum absolute atomic E-state index is 10.7. The van der Waals surface area contributed by atoms with E-state index >= 15 is 0 Å². The predicted molar refractivity (Wildman–Crippen MR) is 67.2 cm³/mol. The Balaban J connectivity index is 2.11. The van der Waals surface area contributed by atoms with Gasteiger partial charge in [0.1, 0.15) is 6.04 Å². The van der Waals surface area contributed by atoms with E-state index < -0.39 is 12.0 Å². The van der Waals surface area contributed by atoms with Gasteiger partial charge in [0.15, 0.2) is 0 Å². The summed E-state index contributed by atoms with van der Waals surface area (Å²) in [4.78, 5) is 17.9. The summed E-state index contributed by atoms with van der Waals surface area (Å²) in [6.45, 7) is 0. The first-order valence-corrected chi connectivity index (χ1v) is 5.70. The average molecular weight is 245 g/mol. The van der Waals surface area contributed by atoms with Crippen molar-refractivity contribution in [3.63, 3.8) is 0 Å². The summed E-state index contributed by atoms with van der Waals surface area (Å²) < 4.78 is 0. The van der Waals surface area contributed by atoms with Gasteiger partial charge in [-0.2, -0.15) is 0 Å². The Morgan fingerprint density at radius 2 is 2.11 bits per heavy atom. The Kier molecular flexibility index (Phi) is 3.74. The van der Waals surface area contributed by atoms with Gasteiger partial charge in [-0.1, -0.05) is 30.3 Å². The summed E-state index contributed by atoms with van der Waals surface area (Å²) in [5.41, 5.74) is 8.29. The number of hydrogen-bond donors (Lipinski definition) is 3. The number of aliphatic carboxylic acids is 1. The highest BCUT2D eigenvalue weighted by Crippen LogP contribution is 2.12. The van der Waals surface area contributed by atoms with Gasteiger partial charge in [0.2, 0.25) is 0 Å². The van der Waals surface area contributed by atoms with Crippen LogP contribution in [0.4, 0.5) is 0 Å². The van der Waals surface area contributed by atoms with Gasteiger partial charge in [-0.15, -0.1) is 0 Å². The van der Waals surface area contributed by atoms with Crippen molar-refractivity contribution in [3.05, 3.63) is 53.6 Å². The predicted octanol–water partition coefficient (Wildman–Crippen LogP) is 0.955. The monoisotopic (exact) mass is 245 g/mol. The first-order chi connectivity index (χ1) is 8.66. The summed E-state index contributed by atoms with van der Waals surface area (Å²) >= 11 is 0. The first-order valence-electron chi connectivity index (χ1n) is 5.70. The van der Waals surface area contributed by atoms with Crippen LogP contribution in [0.5, 0.6) is 0 Å². The fourth-order valence-electron chi connectivity index (χ4n) is 1.77. The van der Waals surface area contributed by atoms with E-state index in [0.717, 1.165) is 11.3 Å². The lowest BCUT2D eigenvalue weighted by molar-refractivity contribution is -0.138. The second kappa shape index (κ2) is 5.46. The number of imidazole rings is 1. The van der Waals surface area contributed by atoms with E-state index in [1.54, 1.807) is 6.33 Å². The molecule has 2 rings (SSSR count). The van der Waals surface area contributed by atoms with Gasteiger partial charge >= 0.3 is 5.97 Å². The smallest absolute Gasteiger partial charge is 0.320 e. The zero-order valence-electron chi connectivity index (χ0n) is 9.84. The third kappa shape index (κ3) is 2.95. The van der Waals surface area contributed by atoms with Gasteiger partial charge in [0.05, 0.1) is 12.0 Å². The molecule has 1 aromatic heterocycles. The number of aromatic nitrogens is 2. The van der Waals surface area contributed by atoms with Crippen LogP contribution in [-0.4, -0.2) is 27.1 Å². The second-order valence-corrected chi connectivity index (χ2v) is 4.14. The molecule has 2 aromatic rings. The van der Waals surface area contributed by atoms with Crippen LogP contribution in [0.25, 0.3) is 0 Å². The van der Waals surface area contributed by atoms with Gasteiger partial charge in [0, 0.05) is 18.5 Å². The summed E-state index contributed by atoms with van der Waals surface area (Å²) in [7, 11) is 0. The average Bonchev–Trinajstić information content (AvgIpc) is 2.78. The molecule has 0 amide bonds. The van der Waals surface area contributed by atoms with E-state index in [-0.39, 0.29) is 6.42 Å². The van der Waals surface area contributed by atoms with Crippen molar-refractivity contribution in [1.82, 2.24) is 9.97 Å². The molecule has 0 fully saturated rings. The Bertz CT molecular complexity index is 522. The molecule has 0 spiro atoms. The minimum Gasteiger partial charge on any atom is -0.480 e. The number of nitrogens with one attached hydrogen (secondary N) is 1. The van der Waals surface area contributed by atoms with E-state index in [4.69, 9.17) is 10.8 Å². The Morgan fingerprint density at radius 1 is 1.39 bits per heavy atom. The van der Waals surface area contributed by atoms with Crippen LogP contribution >= 0.6 is 0 Å². The van der Waals surface area contributed by atoms with Gasteiger partial charge in [-0.25, -0.2) is 4.98 Å². The van der Waals surface area contributed by atoms with Crippen molar-refractivity contribution >= 4 is 5.97 Å². The SMILES string of the molecule is NC(Cc1nc[nH]c1Cc1ccccc1)C(=O)O. The molecular weight excluding hydrogens is 230 g/mol. The molecule has 94 valence electrons. The molecule has 5 heteroatoms. The lowest BCUT2D eigenvalue weighted by atomic mass is 10.1. The fraction of sp³-hybridized carbons (Fsp3) is 0.231. The molecular formula is C13H15N3O2. The van der Waals surface area contributed by atoms with E-state index in [1.165, 1.54) is 0 Å². The van der Waals surface area contributed by atoms with E-state index in [2.05, 4.69) is 9.97 Å². The summed E-state index contributed by atoms with van der Waals surface area (Å²) in [5, 5.41) is 8.80. The summed E-state index contributed by atoms with van der Waals surface area (Å²) in [6, 6.07) is 9.01. The van der Waals surface area contributed by atoms with Crippen LogP contribution in [0, 0.1) is 0 Å². The molecule has 4 N–H and O–H groups in total. The highest BCUT2D eigenvalue weighted by Gasteiger charge is 2.16. The Morgan fingerprint density at radius 3 is 2.78 bits per heavy atom. The van der Waals surface area contributed by atoms with Crippen molar-refractivity contribution in [1.29, 1.82) is 0 Å². The molecule has 0 aliphatic carbocycles. The number of aromatic amines is 1. The molecule has 0 saturated carbocycles. The molecule has 0 bridgehead atoms. The number of hydrogen-bond acceptors (Lipinski definition) is 3. The molecule has 1 aromatic carbocycles. The molecule has 18 heavy (non-hydrogen) atoms. The summed E-state index contributed by atoms with van der Waals surface area (Å²) in [5.74, 6) is -1.01. The quantitative estimate of drug-likeness (QED) is 0.731. The van der Waals surface area contributed by atoms with Crippen molar-refractivity contribution in [2.45, 2.75) is 18.9 Å². The van der Waals surface area contributed by atoms with Crippen LogP contribution in [0.1, 0.15) is 17.0 Å². The zero-order valence-corrected chi connectivity index (χ0v) is 9.84. The number of carbonyl (C=O) groups is 1. The number of nitrogens with two attached hydrogens (primary N) is 1. The van der Waals surface area contributed by atoms with Crippen molar-refractivity contribution in [3.8, 4) is 0 Å². The van der Waals surface area contributed by atoms with E-state index in [9.17, 15) is 4.79 Å². The van der Waals surface area contributed by atoms with Crippen molar-refractivity contribution < 1.29 is 9.90 Å². The highest BCUT2D eigenvalue weighted by atomic mass is 16.4. The molecule has 0 aliphatic rings. The normalized spacial score (nSPS) is 12.3. The molecule has 1 unspecified atom stereocenters. The van der Waals surface area contributed by atoms with Crippen LogP contribution in [0.15, 0.2) is 36.7 Å². The lowest BCUT2D eigenvalue weighted by Gasteiger charge is -2.06. The Labute approximate surface area is 105 Å². The van der Waals surface area contributed by atoms with Crippen molar-refractivity contribution in [2.24, 2.45) is 5.73 Å². The van der Waals surface area contributed by atoms with E-state index in [0.29, 0.717) is 12.1 Å². The second-order valence-electron chi connectivity index (χ2n) is 4.14. The molecule has 1 heterocycles. The molecule has 5 nitrogen and oxygen atoms in total. The molecule has 1 atom stereocenters. The maximum Gasteiger partial charge on any atom is 0.320 e. The number of carboxylic acid groups (broad SMARTS) is 1. The van der Waals surface area contributed by atoms with Crippen LogP contribution in [0.3, 0.4) is 0 Å². The molecule has 0 aliphatic heterocycles. The molecule has 0 saturated heterocycles. The third-order valence-corrected chi connectivity index (χ3v) is 2.76. The molecule has 0 radical (unpaired) electrons. The first kappa shape index (κ1) is 12.3. The Hall–Kier alpha value is -2.14. The topological polar surface area (TPSA) is 92.0 Å². The van der Waals surface area contributed by atoms with Crippen LogP contribution in [0.2, 0.25) is 0 Å². The van der Waals surface area contributed by atoms with Gasteiger partial charge < -0.3 is 15.8 Å². The third-order valence-electron chi connectivity index (χ3n) is 2.76. The van der Waals surface area contributed by atoms with Gasteiger partial charge in [-0.3, -0.25) is 4.79 Å². The van der Waals surface area contributed by atoms with E-state index in [1.807, 2.05) is 30.3 Å². The minimum absolute atomic E-state index is 0.237. The standard InChI is InChI=1S/C13H15N3O2/c14-10(13(17)18)7-12-11(15-8-16-12)6-9-4-2-1-3-5-9/h1-5,8,10H,6-7,14H2,(H,15,16)(H,17,18). The number of benzene rings is 1. The van der Waals surface area contributed by atoms with Crippen LogP contribution < -0.4 is 5.73 Å². The zero-order chi connectivity index (χ0) is 13.0. The lowest BCUT2D eigenvalue weighted by Crippen LogP contribution is -2.32. The number of H-pyrrole nitrogens is 1.